The van der Waals surface area contributed by atoms with Gasteiger partial charge in [0.05, 0.1) is 23.2 Å². The van der Waals surface area contributed by atoms with Crippen LogP contribution in [-0.2, 0) is 14.4 Å². The normalized spacial score (nSPS) is 31.5. The molecule has 0 saturated carbocycles. The number of rotatable bonds is 13. The first-order valence-electron chi connectivity index (χ1n) is 12.7. The van der Waals surface area contributed by atoms with E-state index >= 15 is 0 Å². The fraction of sp³-hybridized carbons (Fsp3) is 0.731. The maximum absolute atomic E-state index is 14.0. The van der Waals surface area contributed by atoms with Gasteiger partial charge in [-0.3, -0.25) is 14.4 Å². The molecule has 0 aromatic heterocycles. The van der Waals surface area contributed by atoms with Gasteiger partial charge in [-0.15, -0.1) is 24.9 Å². The van der Waals surface area contributed by atoms with Crippen molar-refractivity contribution in [2.75, 3.05) is 39.3 Å². The summed E-state index contributed by atoms with van der Waals surface area (Å²) in [5.41, 5.74) is 0. The zero-order chi connectivity index (χ0) is 25.1. The van der Waals surface area contributed by atoms with Crippen LogP contribution in [0.1, 0.15) is 52.9 Å². The summed E-state index contributed by atoms with van der Waals surface area (Å²) in [6, 6.07) is -0.669. The molecular formula is C26H41N3O4S. The summed E-state index contributed by atoms with van der Waals surface area (Å²) in [7, 11) is 0. The Balaban J connectivity index is 2.04. The molecule has 3 fully saturated rings. The number of aliphatic hydroxyl groups is 1. The van der Waals surface area contributed by atoms with Crippen LogP contribution in [0.5, 0.6) is 0 Å². The highest BCUT2D eigenvalue weighted by Crippen LogP contribution is 2.71. The van der Waals surface area contributed by atoms with Crippen LogP contribution in [0.3, 0.4) is 0 Å². The Morgan fingerprint density at radius 2 is 1.76 bits per heavy atom. The van der Waals surface area contributed by atoms with E-state index in [2.05, 4.69) is 27.0 Å². The van der Waals surface area contributed by atoms with Gasteiger partial charge >= 0.3 is 0 Å². The molecule has 3 saturated heterocycles. The molecule has 2 bridgehead atoms. The van der Waals surface area contributed by atoms with Crippen molar-refractivity contribution >= 4 is 29.5 Å². The standard InChI is InChI=1S/C26H41N3O4S/c1-6-10-16-28(15-9-4)24(33)21-26-12-11-25(5,34-26)19(20(26)23(32)29(21)17-18-30)22(31)27(13-7-2)14-8-3/h7,9,19-21,30H,2,4,6,8,10-18H2,1,3,5H3/t19-,20+,21?,25+,26?/m1/s1. The monoisotopic (exact) mass is 491 g/mol. The van der Waals surface area contributed by atoms with Gasteiger partial charge in [0.2, 0.25) is 17.7 Å². The summed E-state index contributed by atoms with van der Waals surface area (Å²) in [6.07, 6.45) is 7.62. The van der Waals surface area contributed by atoms with E-state index in [9.17, 15) is 19.5 Å². The Hall–Kier alpha value is -1.80. The van der Waals surface area contributed by atoms with Crippen molar-refractivity contribution in [2.24, 2.45) is 11.8 Å². The molecule has 3 heterocycles. The summed E-state index contributed by atoms with van der Waals surface area (Å²) >= 11 is 1.68. The molecule has 2 unspecified atom stereocenters. The van der Waals surface area contributed by atoms with Gasteiger partial charge in [-0.25, -0.2) is 0 Å². The van der Waals surface area contributed by atoms with Gasteiger partial charge in [0.1, 0.15) is 6.04 Å². The summed E-state index contributed by atoms with van der Waals surface area (Å²) in [6.45, 7) is 15.8. The predicted molar refractivity (Wildman–Crippen MR) is 136 cm³/mol. The molecule has 0 radical (unpaired) electrons. The molecule has 3 amide bonds. The lowest BCUT2D eigenvalue weighted by Crippen LogP contribution is -2.55. The first kappa shape index (κ1) is 26.8. The van der Waals surface area contributed by atoms with Crippen LogP contribution >= 0.6 is 11.8 Å². The average Bonchev–Trinajstić information content (AvgIpc) is 3.37. The molecule has 5 atom stereocenters. The summed E-state index contributed by atoms with van der Waals surface area (Å²) < 4.78 is -1.03. The van der Waals surface area contributed by atoms with Gasteiger partial charge in [-0.2, -0.15) is 0 Å². The topological polar surface area (TPSA) is 81.2 Å². The molecule has 3 rings (SSSR count). The highest BCUT2D eigenvalue weighted by molar-refractivity contribution is 8.02. The third-order valence-corrected chi connectivity index (χ3v) is 9.70. The zero-order valence-corrected chi connectivity index (χ0v) is 21.8. The molecule has 3 aliphatic heterocycles. The van der Waals surface area contributed by atoms with Crippen molar-refractivity contribution in [3.05, 3.63) is 25.3 Å². The summed E-state index contributed by atoms with van der Waals surface area (Å²) in [5.74, 6) is -1.29. The Bertz CT molecular complexity index is 820. The molecular weight excluding hydrogens is 450 g/mol. The van der Waals surface area contributed by atoms with E-state index < -0.39 is 22.6 Å². The maximum atomic E-state index is 14.0. The number of fused-ring (bicyclic) bond motifs is 1. The van der Waals surface area contributed by atoms with Crippen molar-refractivity contribution in [2.45, 2.75) is 68.4 Å². The van der Waals surface area contributed by atoms with E-state index in [1.54, 1.807) is 33.7 Å². The highest BCUT2D eigenvalue weighted by Gasteiger charge is 2.77. The van der Waals surface area contributed by atoms with Crippen LogP contribution in [0.25, 0.3) is 0 Å². The van der Waals surface area contributed by atoms with Crippen LogP contribution < -0.4 is 0 Å². The molecule has 3 aliphatic rings. The molecule has 7 nitrogen and oxygen atoms in total. The van der Waals surface area contributed by atoms with Crippen molar-refractivity contribution in [3.63, 3.8) is 0 Å². The van der Waals surface area contributed by atoms with Crippen LogP contribution in [-0.4, -0.2) is 92.4 Å². The third-order valence-electron chi connectivity index (χ3n) is 7.71. The minimum atomic E-state index is -0.669. The van der Waals surface area contributed by atoms with Crippen molar-refractivity contribution in [1.29, 1.82) is 0 Å². The second-order valence-corrected chi connectivity index (χ2v) is 11.9. The molecule has 0 aromatic rings. The van der Waals surface area contributed by atoms with E-state index in [0.29, 0.717) is 26.2 Å². The smallest absolute Gasteiger partial charge is 0.247 e. The van der Waals surface area contributed by atoms with Crippen LogP contribution in [0, 0.1) is 11.8 Å². The number of hydrogen-bond donors (Lipinski definition) is 1. The lowest BCUT2D eigenvalue weighted by Gasteiger charge is -2.38. The van der Waals surface area contributed by atoms with Gasteiger partial charge < -0.3 is 19.8 Å². The summed E-state index contributed by atoms with van der Waals surface area (Å²) in [5, 5.41) is 9.78. The number of aliphatic hydroxyl groups excluding tert-OH is 1. The lowest BCUT2D eigenvalue weighted by atomic mass is 9.66. The van der Waals surface area contributed by atoms with Crippen molar-refractivity contribution in [1.82, 2.24) is 14.7 Å². The zero-order valence-electron chi connectivity index (χ0n) is 21.0. The van der Waals surface area contributed by atoms with Gasteiger partial charge in [0, 0.05) is 37.5 Å². The van der Waals surface area contributed by atoms with E-state index in [0.717, 1.165) is 32.1 Å². The minimum absolute atomic E-state index is 0.0114. The van der Waals surface area contributed by atoms with Crippen molar-refractivity contribution in [3.8, 4) is 0 Å². The Morgan fingerprint density at radius 3 is 2.32 bits per heavy atom. The maximum Gasteiger partial charge on any atom is 0.247 e. The molecule has 1 spiro atoms. The van der Waals surface area contributed by atoms with Crippen LogP contribution in [0.2, 0.25) is 0 Å². The van der Waals surface area contributed by atoms with E-state index in [-0.39, 0.29) is 35.6 Å². The molecule has 0 aromatic carbocycles. The van der Waals surface area contributed by atoms with E-state index in [4.69, 9.17) is 0 Å². The Labute approximate surface area is 208 Å². The van der Waals surface area contributed by atoms with Crippen LogP contribution in [0.4, 0.5) is 0 Å². The fourth-order valence-corrected chi connectivity index (χ4v) is 8.66. The number of thioether (sulfide) groups is 1. The Kier molecular flexibility index (Phi) is 8.56. The number of amides is 3. The number of nitrogens with zero attached hydrogens (tertiary/aromatic N) is 3. The summed E-state index contributed by atoms with van der Waals surface area (Å²) in [4.78, 5) is 46.9. The first-order chi connectivity index (χ1) is 16.3. The average molecular weight is 492 g/mol. The number of hydrogen-bond acceptors (Lipinski definition) is 5. The van der Waals surface area contributed by atoms with Gasteiger partial charge in [-0.05, 0) is 32.6 Å². The Morgan fingerprint density at radius 1 is 1.12 bits per heavy atom. The van der Waals surface area contributed by atoms with E-state index in [1.807, 2.05) is 11.8 Å². The number of β-amino-alcohol motifs (C(OH)–C–C–N with tert-alkyl or cyclic N) is 1. The lowest BCUT2D eigenvalue weighted by molar-refractivity contribution is -0.145. The number of likely N-dealkylation sites (tertiary alicyclic amines) is 1. The molecule has 1 N–H and O–H groups in total. The minimum Gasteiger partial charge on any atom is -0.395 e. The third kappa shape index (κ3) is 4.32. The number of carbonyl (C=O) groups excluding carboxylic acids is 3. The van der Waals surface area contributed by atoms with Gasteiger partial charge in [-0.1, -0.05) is 32.4 Å². The number of unbranched alkanes of at least 4 members (excludes halogenated alkanes) is 1. The second kappa shape index (κ2) is 10.9. The quantitative estimate of drug-likeness (QED) is 0.401. The largest absolute Gasteiger partial charge is 0.395 e. The SMILES string of the molecule is C=CCN(CCCC)C(=O)C1N(CCO)C(=O)[C@@H]2[C@H](C(=O)N(CC=C)CCC)[C@]3(C)CCC12S3. The van der Waals surface area contributed by atoms with Gasteiger partial charge in [0.25, 0.3) is 0 Å². The molecule has 190 valence electrons. The van der Waals surface area contributed by atoms with Gasteiger partial charge in [0.15, 0.2) is 0 Å². The first-order valence-corrected chi connectivity index (χ1v) is 13.5. The molecule has 0 aliphatic carbocycles. The van der Waals surface area contributed by atoms with Crippen molar-refractivity contribution < 1.29 is 19.5 Å². The molecule has 8 heteroatoms. The highest BCUT2D eigenvalue weighted by atomic mass is 32.2. The second-order valence-electron chi connectivity index (χ2n) is 9.98. The predicted octanol–water partition coefficient (Wildman–Crippen LogP) is 2.70. The molecule has 34 heavy (non-hydrogen) atoms. The van der Waals surface area contributed by atoms with Crippen LogP contribution in [0.15, 0.2) is 25.3 Å². The fourth-order valence-electron chi connectivity index (χ4n) is 6.31. The number of carbonyl (C=O) groups is 3. The van der Waals surface area contributed by atoms with E-state index in [1.165, 1.54) is 0 Å².